The van der Waals surface area contributed by atoms with E-state index in [2.05, 4.69) is 21.9 Å². The molecule has 7 nitrogen and oxygen atoms in total. The van der Waals surface area contributed by atoms with E-state index in [1.165, 1.54) is 6.42 Å². The molecule has 1 atom stereocenters. The van der Waals surface area contributed by atoms with Crippen molar-refractivity contribution in [2.75, 3.05) is 26.2 Å². The molecule has 0 saturated carbocycles. The van der Waals surface area contributed by atoms with E-state index in [4.69, 9.17) is 5.26 Å². The third kappa shape index (κ3) is 3.70. The molecule has 1 aromatic rings. The average Bonchev–Trinajstić information content (AvgIpc) is 3.05. The molecule has 0 aliphatic carbocycles. The highest BCUT2D eigenvalue weighted by atomic mass is 16.2. The van der Waals surface area contributed by atoms with Crippen LogP contribution in [0.3, 0.4) is 0 Å². The maximum Gasteiger partial charge on any atom is 0.252 e. The van der Waals surface area contributed by atoms with Crippen LogP contribution in [0.1, 0.15) is 50.9 Å². The third-order valence-electron chi connectivity index (χ3n) is 5.02. The van der Waals surface area contributed by atoms with E-state index in [1.54, 1.807) is 11.0 Å². The number of nitrogens with zero attached hydrogens (tertiary/aromatic N) is 6. The van der Waals surface area contributed by atoms with E-state index >= 15 is 0 Å². The molecule has 0 spiro atoms. The Morgan fingerprint density at radius 2 is 2.09 bits per heavy atom. The summed E-state index contributed by atoms with van der Waals surface area (Å²) in [5.41, 5.74) is 0. The van der Waals surface area contributed by atoms with Gasteiger partial charge in [-0.3, -0.25) is 9.69 Å². The minimum absolute atomic E-state index is 0.224. The molecule has 2 aliphatic heterocycles. The van der Waals surface area contributed by atoms with Gasteiger partial charge in [-0.15, -0.1) is 5.10 Å². The first kappa shape index (κ1) is 15.9. The van der Waals surface area contributed by atoms with Crippen LogP contribution in [-0.4, -0.2) is 62.7 Å². The number of nitriles is 1. The van der Waals surface area contributed by atoms with E-state index in [1.807, 2.05) is 11.0 Å². The number of likely N-dealkylation sites (tertiary alicyclic amines) is 2. The van der Waals surface area contributed by atoms with Crippen molar-refractivity contribution in [3.05, 3.63) is 12.2 Å². The van der Waals surface area contributed by atoms with E-state index in [9.17, 15) is 4.79 Å². The van der Waals surface area contributed by atoms with Gasteiger partial charge >= 0.3 is 0 Å². The standard InChI is InChI=1S/C16H24N6O/c1-13-4-2-3-7-21(13)16(23)11-20-8-5-14(6-9-20)22-12-18-15(10-17)19-22/h12-14H,2-9,11H2,1H3. The van der Waals surface area contributed by atoms with Crippen molar-refractivity contribution < 1.29 is 4.79 Å². The predicted octanol–water partition coefficient (Wildman–Crippen LogP) is 1.19. The van der Waals surface area contributed by atoms with Gasteiger partial charge in [-0.25, -0.2) is 9.67 Å². The van der Waals surface area contributed by atoms with Crippen LogP contribution in [0, 0.1) is 11.3 Å². The largest absolute Gasteiger partial charge is 0.339 e. The highest BCUT2D eigenvalue weighted by Gasteiger charge is 2.27. The molecule has 1 amide bonds. The first-order chi connectivity index (χ1) is 11.2. The number of carbonyl (C=O) groups is 1. The van der Waals surface area contributed by atoms with Crippen LogP contribution in [0.15, 0.2) is 6.33 Å². The highest BCUT2D eigenvalue weighted by molar-refractivity contribution is 5.78. The van der Waals surface area contributed by atoms with Crippen LogP contribution in [-0.2, 0) is 4.79 Å². The fourth-order valence-electron chi connectivity index (χ4n) is 3.59. The molecule has 3 heterocycles. The average molecular weight is 316 g/mol. The molecule has 1 unspecified atom stereocenters. The zero-order chi connectivity index (χ0) is 16.2. The van der Waals surface area contributed by atoms with Gasteiger partial charge in [-0.05, 0) is 39.0 Å². The summed E-state index contributed by atoms with van der Waals surface area (Å²) in [6.07, 6.45) is 7.01. The maximum absolute atomic E-state index is 12.5. The summed E-state index contributed by atoms with van der Waals surface area (Å²) in [5.74, 6) is 0.491. The second-order valence-electron chi connectivity index (χ2n) is 6.60. The van der Waals surface area contributed by atoms with E-state index < -0.39 is 0 Å². The quantitative estimate of drug-likeness (QED) is 0.837. The van der Waals surface area contributed by atoms with Gasteiger partial charge in [0.2, 0.25) is 5.91 Å². The fourth-order valence-corrected chi connectivity index (χ4v) is 3.59. The summed E-state index contributed by atoms with van der Waals surface area (Å²) in [6, 6.07) is 2.62. The lowest BCUT2D eigenvalue weighted by molar-refractivity contribution is -0.136. The molecular weight excluding hydrogens is 292 g/mol. The maximum atomic E-state index is 12.5. The normalized spacial score (nSPS) is 23.7. The first-order valence-corrected chi connectivity index (χ1v) is 8.50. The van der Waals surface area contributed by atoms with Gasteiger partial charge in [0.25, 0.3) is 5.82 Å². The topological polar surface area (TPSA) is 78.0 Å². The lowest BCUT2D eigenvalue weighted by Gasteiger charge is -2.37. The van der Waals surface area contributed by atoms with Crippen LogP contribution in [0.25, 0.3) is 0 Å². The Labute approximate surface area is 136 Å². The number of hydrogen-bond donors (Lipinski definition) is 0. The molecule has 0 N–H and O–H groups in total. The van der Waals surface area contributed by atoms with Crippen molar-refractivity contribution in [3.63, 3.8) is 0 Å². The zero-order valence-electron chi connectivity index (χ0n) is 13.7. The van der Waals surface area contributed by atoms with Gasteiger partial charge in [0, 0.05) is 25.7 Å². The van der Waals surface area contributed by atoms with Gasteiger partial charge < -0.3 is 4.90 Å². The number of amides is 1. The number of piperidine rings is 2. The number of hydrogen-bond acceptors (Lipinski definition) is 5. The van der Waals surface area contributed by atoms with Crippen molar-refractivity contribution in [2.45, 2.75) is 51.1 Å². The summed E-state index contributed by atoms with van der Waals surface area (Å²) in [6.45, 7) is 5.37. The van der Waals surface area contributed by atoms with Crippen LogP contribution < -0.4 is 0 Å². The molecule has 0 radical (unpaired) electrons. The molecule has 0 aromatic carbocycles. The Hall–Kier alpha value is -1.94. The number of carbonyl (C=O) groups excluding carboxylic acids is 1. The second kappa shape index (κ2) is 7.09. The Kier molecular flexibility index (Phi) is 4.91. The Morgan fingerprint density at radius 3 is 2.74 bits per heavy atom. The van der Waals surface area contributed by atoms with Crippen molar-refractivity contribution in [1.82, 2.24) is 24.6 Å². The van der Waals surface area contributed by atoms with Crippen LogP contribution in [0.4, 0.5) is 0 Å². The lowest BCUT2D eigenvalue weighted by atomic mass is 10.0. The molecule has 124 valence electrons. The second-order valence-corrected chi connectivity index (χ2v) is 6.60. The van der Waals surface area contributed by atoms with E-state index in [0.717, 1.165) is 45.3 Å². The molecular formula is C16H24N6O. The summed E-state index contributed by atoms with van der Waals surface area (Å²) in [4.78, 5) is 20.7. The summed E-state index contributed by atoms with van der Waals surface area (Å²) < 4.78 is 1.80. The van der Waals surface area contributed by atoms with Crippen molar-refractivity contribution in [3.8, 4) is 6.07 Å². The van der Waals surface area contributed by atoms with Gasteiger partial charge in [0.1, 0.15) is 12.4 Å². The Bertz CT molecular complexity index is 584. The van der Waals surface area contributed by atoms with Crippen molar-refractivity contribution >= 4 is 5.91 Å². The summed E-state index contributed by atoms with van der Waals surface area (Å²) in [7, 11) is 0. The molecule has 2 fully saturated rings. The SMILES string of the molecule is CC1CCCCN1C(=O)CN1CCC(n2cnc(C#N)n2)CC1. The van der Waals surface area contributed by atoms with Crippen LogP contribution in [0.5, 0.6) is 0 Å². The molecule has 7 heteroatoms. The van der Waals surface area contributed by atoms with Gasteiger partial charge in [-0.1, -0.05) is 0 Å². The van der Waals surface area contributed by atoms with Gasteiger partial charge in [-0.2, -0.15) is 5.26 Å². The first-order valence-electron chi connectivity index (χ1n) is 8.50. The molecule has 3 rings (SSSR count). The molecule has 1 aromatic heterocycles. The molecule has 0 bridgehead atoms. The minimum Gasteiger partial charge on any atom is -0.339 e. The van der Waals surface area contributed by atoms with Crippen molar-refractivity contribution in [2.24, 2.45) is 0 Å². The Balaban J connectivity index is 1.49. The van der Waals surface area contributed by atoms with Crippen molar-refractivity contribution in [1.29, 1.82) is 5.26 Å². The third-order valence-corrected chi connectivity index (χ3v) is 5.02. The number of rotatable bonds is 3. The molecule has 23 heavy (non-hydrogen) atoms. The van der Waals surface area contributed by atoms with Crippen LogP contribution in [0.2, 0.25) is 0 Å². The zero-order valence-corrected chi connectivity index (χ0v) is 13.7. The van der Waals surface area contributed by atoms with Gasteiger partial charge in [0.05, 0.1) is 12.6 Å². The molecule has 2 saturated heterocycles. The van der Waals surface area contributed by atoms with E-state index in [-0.39, 0.29) is 17.8 Å². The Morgan fingerprint density at radius 1 is 1.30 bits per heavy atom. The fraction of sp³-hybridized carbons (Fsp3) is 0.750. The smallest absolute Gasteiger partial charge is 0.252 e. The monoisotopic (exact) mass is 316 g/mol. The van der Waals surface area contributed by atoms with Crippen LogP contribution >= 0.6 is 0 Å². The number of aromatic nitrogens is 3. The van der Waals surface area contributed by atoms with E-state index in [0.29, 0.717) is 12.6 Å². The predicted molar refractivity (Wildman–Crippen MR) is 84.5 cm³/mol. The molecule has 2 aliphatic rings. The van der Waals surface area contributed by atoms with Gasteiger partial charge in [0.15, 0.2) is 0 Å². The summed E-state index contributed by atoms with van der Waals surface area (Å²) >= 11 is 0. The highest BCUT2D eigenvalue weighted by Crippen LogP contribution is 2.22. The lowest BCUT2D eigenvalue weighted by Crippen LogP contribution is -2.48. The minimum atomic E-state index is 0.224. The summed E-state index contributed by atoms with van der Waals surface area (Å²) in [5, 5.41) is 13.0.